The highest BCUT2D eigenvalue weighted by Crippen LogP contribution is 2.41. The summed E-state index contributed by atoms with van der Waals surface area (Å²) in [7, 11) is 3.27. The molecule has 0 saturated heterocycles. The van der Waals surface area contributed by atoms with Crippen molar-refractivity contribution in [1.29, 1.82) is 0 Å². The minimum absolute atomic E-state index is 0.301. The van der Waals surface area contributed by atoms with Crippen LogP contribution in [0, 0.1) is 0 Å². The van der Waals surface area contributed by atoms with Crippen LogP contribution < -0.4 is 14.2 Å². The number of rotatable bonds is 6. The van der Waals surface area contributed by atoms with Crippen LogP contribution in [0.5, 0.6) is 17.2 Å². The van der Waals surface area contributed by atoms with Gasteiger partial charge in [0.1, 0.15) is 5.75 Å². The molecular formula is C15H21ClO4. The van der Waals surface area contributed by atoms with Gasteiger partial charge in [-0.2, -0.15) is 0 Å². The number of alkyl halides is 1. The van der Waals surface area contributed by atoms with Crippen LogP contribution in [0.4, 0.5) is 0 Å². The second-order valence-corrected chi connectivity index (χ2v) is 5.07. The van der Waals surface area contributed by atoms with Crippen molar-refractivity contribution in [1.82, 2.24) is 0 Å². The van der Waals surface area contributed by atoms with E-state index in [1.54, 1.807) is 14.2 Å². The van der Waals surface area contributed by atoms with Gasteiger partial charge in [0.05, 0.1) is 34.0 Å². The van der Waals surface area contributed by atoms with Crippen LogP contribution >= 0.6 is 11.6 Å². The molecule has 0 saturated carbocycles. The van der Waals surface area contributed by atoms with E-state index in [4.69, 9.17) is 30.5 Å². The van der Waals surface area contributed by atoms with Crippen molar-refractivity contribution in [2.45, 2.75) is 18.8 Å². The molecule has 1 unspecified atom stereocenters. The Bertz CT molecular complexity index is 436. The maximum absolute atomic E-state index is 5.81. The van der Waals surface area contributed by atoms with Crippen molar-refractivity contribution in [2.75, 3.05) is 39.9 Å². The molecule has 5 heteroatoms. The molecule has 112 valence electrons. The molecule has 20 heavy (non-hydrogen) atoms. The summed E-state index contributed by atoms with van der Waals surface area (Å²) in [6.45, 7) is 1.94. The van der Waals surface area contributed by atoms with E-state index in [1.807, 2.05) is 12.1 Å². The number of benzene rings is 1. The summed E-state index contributed by atoms with van der Waals surface area (Å²) in [6.07, 6.45) is 2.04. The van der Waals surface area contributed by atoms with Crippen molar-refractivity contribution >= 4 is 11.6 Å². The molecule has 0 spiro atoms. The molecule has 0 amide bonds. The van der Waals surface area contributed by atoms with Crippen LogP contribution in [0.1, 0.15) is 24.3 Å². The predicted molar refractivity (Wildman–Crippen MR) is 78.6 cm³/mol. The summed E-state index contributed by atoms with van der Waals surface area (Å²) in [5.41, 5.74) is 1.12. The number of ether oxygens (including phenoxy) is 4. The van der Waals surface area contributed by atoms with Crippen molar-refractivity contribution in [3.63, 3.8) is 0 Å². The summed E-state index contributed by atoms with van der Waals surface area (Å²) in [5.74, 6) is 3.09. The first-order chi connectivity index (χ1) is 9.80. The smallest absolute Gasteiger partial charge is 0.164 e. The van der Waals surface area contributed by atoms with Gasteiger partial charge < -0.3 is 18.9 Å². The SMILES string of the molecule is COc1cc2c(cc1OC)C(COCCCl)CCCO2. The van der Waals surface area contributed by atoms with Gasteiger partial charge in [-0.15, -0.1) is 11.6 Å². The normalized spacial score (nSPS) is 17.9. The van der Waals surface area contributed by atoms with Crippen LogP contribution in [0.15, 0.2) is 12.1 Å². The van der Waals surface area contributed by atoms with Crippen molar-refractivity contribution in [2.24, 2.45) is 0 Å². The molecular weight excluding hydrogens is 280 g/mol. The van der Waals surface area contributed by atoms with E-state index in [1.165, 1.54) is 0 Å². The Kier molecular flexibility index (Phi) is 5.80. The second kappa shape index (κ2) is 7.60. The van der Waals surface area contributed by atoms with Crippen molar-refractivity contribution in [3.05, 3.63) is 17.7 Å². The van der Waals surface area contributed by atoms with Gasteiger partial charge in [0, 0.05) is 23.4 Å². The fourth-order valence-corrected chi connectivity index (χ4v) is 2.55. The lowest BCUT2D eigenvalue weighted by molar-refractivity contribution is 0.131. The summed E-state index contributed by atoms with van der Waals surface area (Å²) in [6, 6.07) is 3.89. The minimum Gasteiger partial charge on any atom is -0.493 e. The Labute approximate surface area is 124 Å². The van der Waals surface area contributed by atoms with Crippen LogP contribution in [-0.2, 0) is 4.74 Å². The van der Waals surface area contributed by atoms with Gasteiger partial charge in [-0.25, -0.2) is 0 Å². The quantitative estimate of drug-likeness (QED) is 0.597. The maximum Gasteiger partial charge on any atom is 0.164 e. The summed E-state index contributed by atoms with van der Waals surface area (Å²) in [5, 5.41) is 0. The molecule has 1 aliphatic rings. The Morgan fingerprint density at radius 1 is 1.25 bits per heavy atom. The standard InChI is InChI=1S/C15H21ClO4/c1-17-14-8-12-11(10-19-7-5-16)4-3-6-20-13(12)9-15(14)18-2/h8-9,11H,3-7,10H2,1-2H3. The van der Waals surface area contributed by atoms with Gasteiger partial charge >= 0.3 is 0 Å². The third-order valence-electron chi connectivity index (χ3n) is 3.45. The number of hydrogen-bond donors (Lipinski definition) is 0. The molecule has 1 heterocycles. The van der Waals surface area contributed by atoms with Gasteiger partial charge in [-0.1, -0.05) is 0 Å². The van der Waals surface area contributed by atoms with Gasteiger partial charge in [-0.3, -0.25) is 0 Å². The molecule has 4 nitrogen and oxygen atoms in total. The molecule has 0 N–H and O–H groups in total. The molecule has 1 atom stereocenters. The highest BCUT2D eigenvalue weighted by Gasteiger charge is 2.23. The van der Waals surface area contributed by atoms with E-state index < -0.39 is 0 Å². The van der Waals surface area contributed by atoms with Gasteiger partial charge in [0.25, 0.3) is 0 Å². The van der Waals surface area contributed by atoms with Crippen LogP contribution in [-0.4, -0.2) is 39.9 Å². The molecule has 2 rings (SSSR count). The Morgan fingerprint density at radius 2 is 2.00 bits per heavy atom. The van der Waals surface area contributed by atoms with E-state index in [0.29, 0.717) is 37.4 Å². The zero-order chi connectivity index (χ0) is 14.4. The summed E-state index contributed by atoms with van der Waals surface area (Å²) < 4.78 is 22.1. The second-order valence-electron chi connectivity index (χ2n) is 4.70. The molecule has 1 aromatic carbocycles. The minimum atomic E-state index is 0.301. The first kappa shape index (κ1) is 15.3. The Morgan fingerprint density at radius 3 is 2.70 bits per heavy atom. The third kappa shape index (κ3) is 3.49. The Hall–Kier alpha value is -1.13. The first-order valence-electron chi connectivity index (χ1n) is 6.82. The fraction of sp³-hybridized carbons (Fsp3) is 0.600. The Balaban J connectivity index is 2.27. The van der Waals surface area contributed by atoms with E-state index in [-0.39, 0.29) is 0 Å². The fourth-order valence-electron chi connectivity index (χ4n) is 2.44. The van der Waals surface area contributed by atoms with Crippen LogP contribution in [0.2, 0.25) is 0 Å². The molecule has 1 aliphatic heterocycles. The number of methoxy groups -OCH3 is 2. The third-order valence-corrected chi connectivity index (χ3v) is 3.61. The van der Waals surface area contributed by atoms with E-state index in [2.05, 4.69) is 0 Å². The van der Waals surface area contributed by atoms with E-state index >= 15 is 0 Å². The highest BCUT2D eigenvalue weighted by atomic mass is 35.5. The van der Waals surface area contributed by atoms with Crippen LogP contribution in [0.3, 0.4) is 0 Å². The lowest BCUT2D eigenvalue weighted by atomic mass is 9.94. The zero-order valence-electron chi connectivity index (χ0n) is 12.0. The van der Waals surface area contributed by atoms with Crippen molar-refractivity contribution in [3.8, 4) is 17.2 Å². The van der Waals surface area contributed by atoms with Gasteiger partial charge in [-0.05, 0) is 18.9 Å². The predicted octanol–water partition coefficient (Wildman–Crippen LogP) is 3.22. The summed E-state index contributed by atoms with van der Waals surface area (Å²) in [4.78, 5) is 0. The molecule has 1 aromatic rings. The molecule has 0 bridgehead atoms. The largest absolute Gasteiger partial charge is 0.493 e. The maximum atomic E-state index is 5.81. The molecule has 0 aromatic heterocycles. The monoisotopic (exact) mass is 300 g/mol. The number of hydrogen-bond acceptors (Lipinski definition) is 4. The lowest BCUT2D eigenvalue weighted by Crippen LogP contribution is -2.09. The van der Waals surface area contributed by atoms with Crippen molar-refractivity contribution < 1.29 is 18.9 Å². The molecule has 0 radical (unpaired) electrons. The lowest BCUT2D eigenvalue weighted by Gasteiger charge is -2.19. The van der Waals surface area contributed by atoms with E-state index in [9.17, 15) is 0 Å². The first-order valence-corrected chi connectivity index (χ1v) is 7.36. The summed E-state index contributed by atoms with van der Waals surface area (Å²) >= 11 is 5.65. The molecule has 0 fully saturated rings. The number of fused-ring (bicyclic) bond motifs is 1. The van der Waals surface area contributed by atoms with Gasteiger partial charge in [0.2, 0.25) is 0 Å². The van der Waals surface area contributed by atoms with Gasteiger partial charge in [0.15, 0.2) is 11.5 Å². The van der Waals surface area contributed by atoms with E-state index in [0.717, 1.165) is 29.9 Å². The topological polar surface area (TPSA) is 36.9 Å². The average Bonchev–Trinajstić information content (AvgIpc) is 2.68. The number of halogens is 1. The van der Waals surface area contributed by atoms with Crippen LogP contribution in [0.25, 0.3) is 0 Å². The molecule has 0 aliphatic carbocycles. The average molecular weight is 301 g/mol. The zero-order valence-corrected chi connectivity index (χ0v) is 12.7. The highest BCUT2D eigenvalue weighted by molar-refractivity contribution is 6.17.